The van der Waals surface area contributed by atoms with Gasteiger partial charge in [-0.1, -0.05) is 23.2 Å². The summed E-state index contributed by atoms with van der Waals surface area (Å²) >= 11 is 15.2. The molecule has 20 heavy (non-hydrogen) atoms. The van der Waals surface area contributed by atoms with Gasteiger partial charge in [-0.2, -0.15) is 0 Å². The second-order valence-electron chi connectivity index (χ2n) is 4.15. The van der Waals surface area contributed by atoms with Crippen molar-refractivity contribution in [3.63, 3.8) is 0 Å². The van der Waals surface area contributed by atoms with Crippen LogP contribution in [0.25, 0.3) is 0 Å². The smallest absolute Gasteiger partial charge is 0.141 e. The average molecular weight is 379 g/mol. The molecule has 0 fully saturated rings. The maximum Gasteiger partial charge on any atom is 0.141 e. The number of halogens is 4. The largest absolute Gasteiger partial charge is 0.496 e. The SMILES string of the molecule is COc1cc(F)c(Br)cc1C(N)c1cc(Cl)ccc1Cl. The van der Waals surface area contributed by atoms with E-state index >= 15 is 0 Å². The fourth-order valence-electron chi connectivity index (χ4n) is 1.88. The summed E-state index contributed by atoms with van der Waals surface area (Å²) in [5.41, 5.74) is 7.48. The van der Waals surface area contributed by atoms with Crippen LogP contribution >= 0.6 is 39.1 Å². The zero-order valence-corrected chi connectivity index (χ0v) is 13.6. The van der Waals surface area contributed by atoms with Crippen LogP contribution in [0.4, 0.5) is 4.39 Å². The number of hydrogen-bond donors (Lipinski definition) is 1. The number of rotatable bonds is 3. The predicted octanol–water partition coefficient (Wildman–Crippen LogP) is 4.95. The van der Waals surface area contributed by atoms with Gasteiger partial charge in [-0.15, -0.1) is 0 Å². The predicted molar refractivity (Wildman–Crippen MR) is 83.1 cm³/mol. The monoisotopic (exact) mass is 377 g/mol. The molecule has 1 atom stereocenters. The summed E-state index contributed by atoms with van der Waals surface area (Å²) in [5.74, 6) is -0.0655. The molecule has 0 radical (unpaired) electrons. The van der Waals surface area contributed by atoms with Gasteiger partial charge in [0, 0.05) is 21.7 Å². The van der Waals surface area contributed by atoms with Crippen molar-refractivity contribution < 1.29 is 9.13 Å². The van der Waals surface area contributed by atoms with Gasteiger partial charge in [-0.05, 0) is 45.8 Å². The molecule has 6 heteroatoms. The van der Waals surface area contributed by atoms with E-state index in [2.05, 4.69) is 15.9 Å². The van der Waals surface area contributed by atoms with E-state index in [0.29, 0.717) is 31.4 Å². The molecule has 0 heterocycles. The van der Waals surface area contributed by atoms with Gasteiger partial charge in [0.15, 0.2) is 0 Å². The molecule has 2 aromatic rings. The maximum atomic E-state index is 13.5. The molecule has 0 aliphatic heterocycles. The Morgan fingerprint density at radius 3 is 2.55 bits per heavy atom. The number of nitrogens with two attached hydrogens (primary N) is 1. The Kier molecular flexibility index (Phi) is 4.91. The van der Waals surface area contributed by atoms with Crippen LogP contribution in [0.3, 0.4) is 0 Å². The normalized spacial score (nSPS) is 12.3. The van der Waals surface area contributed by atoms with E-state index in [9.17, 15) is 4.39 Å². The first-order valence-corrected chi connectivity index (χ1v) is 7.22. The van der Waals surface area contributed by atoms with E-state index in [1.165, 1.54) is 13.2 Å². The molecule has 0 aromatic heterocycles. The minimum absolute atomic E-state index is 0.307. The van der Waals surface area contributed by atoms with Gasteiger partial charge in [-0.3, -0.25) is 0 Å². The van der Waals surface area contributed by atoms with E-state index in [4.69, 9.17) is 33.7 Å². The molecular weight excluding hydrogens is 368 g/mol. The summed E-state index contributed by atoms with van der Waals surface area (Å²) in [4.78, 5) is 0. The first kappa shape index (κ1) is 15.6. The molecule has 0 bridgehead atoms. The highest BCUT2D eigenvalue weighted by atomic mass is 79.9. The third-order valence-corrected chi connectivity index (χ3v) is 4.09. The van der Waals surface area contributed by atoms with E-state index in [0.717, 1.165) is 0 Å². The van der Waals surface area contributed by atoms with E-state index in [-0.39, 0.29) is 0 Å². The summed E-state index contributed by atoms with van der Waals surface area (Å²) in [7, 11) is 1.46. The number of benzene rings is 2. The van der Waals surface area contributed by atoms with Crippen LogP contribution in [-0.2, 0) is 0 Å². The van der Waals surface area contributed by atoms with Gasteiger partial charge in [0.1, 0.15) is 11.6 Å². The summed E-state index contributed by atoms with van der Waals surface area (Å²) < 4.78 is 19.0. The zero-order valence-electron chi connectivity index (χ0n) is 10.5. The zero-order chi connectivity index (χ0) is 14.9. The molecule has 0 spiro atoms. The second kappa shape index (κ2) is 6.31. The topological polar surface area (TPSA) is 35.2 Å². The quantitative estimate of drug-likeness (QED) is 0.819. The van der Waals surface area contributed by atoms with Crippen LogP contribution < -0.4 is 10.5 Å². The van der Waals surface area contributed by atoms with Crippen molar-refractivity contribution in [3.05, 3.63) is 61.8 Å². The molecule has 2 rings (SSSR count). The first-order valence-electron chi connectivity index (χ1n) is 5.67. The molecule has 2 nitrogen and oxygen atoms in total. The molecule has 2 aromatic carbocycles. The first-order chi connectivity index (χ1) is 9.43. The minimum atomic E-state index is -0.576. The van der Waals surface area contributed by atoms with Crippen molar-refractivity contribution in [1.29, 1.82) is 0 Å². The lowest BCUT2D eigenvalue weighted by atomic mass is 9.98. The Balaban J connectivity index is 2.55. The summed E-state index contributed by atoms with van der Waals surface area (Å²) in [6, 6.07) is 7.31. The van der Waals surface area contributed by atoms with Crippen LogP contribution in [0, 0.1) is 5.82 Å². The van der Waals surface area contributed by atoms with Crippen molar-refractivity contribution in [3.8, 4) is 5.75 Å². The summed E-state index contributed by atoms with van der Waals surface area (Å²) in [6.07, 6.45) is 0. The highest BCUT2D eigenvalue weighted by Gasteiger charge is 2.19. The Hall–Kier alpha value is -0.810. The van der Waals surface area contributed by atoms with Gasteiger partial charge in [0.05, 0.1) is 17.6 Å². The van der Waals surface area contributed by atoms with Gasteiger partial charge >= 0.3 is 0 Å². The Morgan fingerprint density at radius 2 is 1.90 bits per heavy atom. The van der Waals surface area contributed by atoms with E-state index in [1.807, 2.05) is 0 Å². The van der Waals surface area contributed by atoms with E-state index in [1.54, 1.807) is 24.3 Å². The molecule has 106 valence electrons. The molecule has 1 unspecified atom stereocenters. The molecule has 0 saturated heterocycles. The van der Waals surface area contributed by atoms with Gasteiger partial charge in [-0.25, -0.2) is 4.39 Å². The third kappa shape index (κ3) is 3.09. The van der Waals surface area contributed by atoms with Crippen LogP contribution in [0.1, 0.15) is 17.2 Å². The van der Waals surface area contributed by atoms with Gasteiger partial charge in [0.2, 0.25) is 0 Å². The highest BCUT2D eigenvalue weighted by molar-refractivity contribution is 9.10. The van der Waals surface area contributed by atoms with Crippen LogP contribution in [-0.4, -0.2) is 7.11 Å². The molecule has 2 N–H and O–H groups in total. The fraction of sp³-hybridized carbons (Fsp3) is 0.143. The van der Waals surface area contributed by atoms with Crippen molar-refractivity contribution in [1.82, 2.24) is 0 Å². The standard InChI is InChI=1S/C14H11BrCl2FNO/c1-20-13-6-12(18)10(15)5-9(13)14(19)8-4-7(16)2-3-11(8)17/h2-6,14H,19H2,1H3. The lowest BCUT2D eigenvalue weighted by molar-refractivity contribution is 0.404. The lowest BCUT2D eigenvalue weighted by Gasteiger charge is -2.18. The molecule has 0 amide bonds. The lowest BCUT2D eigenvalue weighted by Crippen LogP contribution is -2.14. The minimum Gasteiger partial charge on any atom is -0.496 e. The number of hydrogen-bond acceptors (Lipinski definition) is 2. The fourth-order valence-corrected chi connectivity index (χ4v) is 2.66. The van der Waals surface area contributed by atoms with E-state index < -0.39 is 11.9 Å². The van der Waals surface area contributed by atoms with Crippen LogP contribution in [0.15, 0.2) is 34.8 Å². The highest BCUT2D eigenvalue weighted by Crippen LogP contribution is 2.36. The summed E-state index contributed by atoms with van der Waals surface area (Å²) in [5, 5.41) is 1.02. The van der Waals surface area contributed by atoms with Gasteiger partial charge in [0.25, 0.3) is 0 Å². The molecular formula is C14H11BrCl2FNO. The van der Waals surface area contributed by atoms with Crippen molar-refractivity contribution >= 4 is 39.1 Å². The molecule has 0 aliphatic rings. The van der Waals surface area contributed by atoms with Crippen LogP contribution in [0.2, 0.25) is 10.0 Å². The molecule has 0 aliphatic carbocycles. The third-order valence-electron chi connectivity index (χ3n) is 2.90. The Labute approximate surface area is 134 Å². The van der Waals surface area contributed by atoms with Crippen molar-refractivity contribution in [2.24, 2.45) is 5.73 Å². The maximum absolute atomic E-state index is 13.5. The number of ether oxygens (including phenoxy) is 1. The Bertz CT molecular complexity index is 651. The van der Waals surface area contributed by atoms with Crippen LogP contribution in [0.5, 0.6) is 5.75 Å². The summed E-state index contributed by atoms with van der Waals surface area (Å²) in [6.45, 7) is 0. The molecule has 0 saturated carbocycles. The second-order valence-corrected chi connectivity index (χ2v) is 5.85. The number of methoxy groups -OCH3 is 1. The van der Waals surface area contributed by atoms with Crippen molar-refractivity contribution in [2.75, 3.05) is 7.11 Å². The Morgan fingerprint density at radius 1 is 1.20 bits per heavy atom. The average Bonchev–Trinajstić information content (AvgIpc) is 2.43. The van der Waals surface area contributed by atoms with Gasteiger partial charge < -0.3 is 10.5 Å². The van der Waals surface area contributed by atoms with Crippen molar-refractivity contribution in [2.45, 2.75) is 6.04 Å².